The van der Waals surface area contributed by atoms with Crippen LogP contribution >= 0.6 is 0 Å². The van der Waals surface area contributed by atoms with E-state index in [1.807, 2.05) is 0 Å². The fourth-order valence-corrected chi connectivity index (χ4v) is 3.58. The molecule has 0 bridgehead atoms. The maximum absolute atomic E-state index is 6.18. The summed E-state index contributed by atoms with van der Waals surface area (Å²) in [4.78, 5) is 5.08. The van der Waals surface area contributed by atoms with Crippen molar-refractivity contribution in [3.05, 3.63) is 30.3 Å². The topological polar surface area (TPSA) is 32.5 Å². The molecule has 2 fully saturated rings. The van der Waals surface area contributed by atoms with Crippen LogP contribution in [0.3, 0.4) is 0 Å². The molecule has 0 radical (unpaired) electrons. The molecule has 2 atom stereocenters. The van der Waals surface area contributed by atoms with Crippen LogP contribution in [0.15, 0.2) is 30.3 Å². The molecular weight excluding hydrogens is 234 g/mol. The zero-order chi connectivity index (χ0) is 13.5. The highest BCUT2D eigenvalue weighted by Crippen LogP contribution is 2.40. The lowest BCUT2D eigenvalue weighted by Crippen LogP contribution is -2.54. The van der Waals surface area contributed by atoms with Crippen molar-refractivity contribution in [3.63, 3.8) is 0 Å². The van der Waals surface area contributed by atoms with E-state index < -0.39 is 0 Å². The van der Waals surface area contributed by atoms with Gasteiger partial charge in [-0.1, -0.05) is 18.2 Å². The number of nitrogens with two attached hydrogens (primary N) is 1. The van der Waals surface area contributed by atoms with E-state index in [1.54, 1.807) is 0 Å². The minimum absolute atomic E-state index is 0.101. The Balaban J connectivity index is 1.83. The molecule has 1 aromatic carbocycles. The van der Waals surface area contributed by atoms with Crippen molar-refractivity contribution in [2.75, 3.05) is 25.0 Å². The highest BCUT2D eigenvalue weighted by Gasteiger charge is 2.48. The number of anilines is 1. The summed E-state index contributed by atoms with van der Waals surface area (Å²) < 4.78 is 0. The van der Waals surface area contributed by atoms with Crippen molar-refractivity contribution in [2.45, 2.75) is 43.8 Å². The summed E-state index contributed by atoms with van der Waals surface area (Å²) in [5.74, 6) is 0. The number of hydrogen-bond acceptors (Lipinski definition) is 3. The fraction of sp³-hybridized carbons (Fsp3) is 0.625. The molecule has 19 heavy (non-hydrogen) atoms. The van der Waals surface area contributed by atoms with E-state index in [9.17, 15) is 0 Å². The normalized spacial score (nSPS) is 31.6. The standard InChI is InChI=1S/C16H25N3/c1-13-10-16(11-17,12-19(13)15-8-9-15)18(2)14-6-4-3-5-7-14/h3-7,13,15H,8-12,17H2,1-2H3. The Morgan fingerprint density at radius 1 is 1.32 bits per heavy atom. The van der Waals surface area contributed by atoms with Gasteiger partial charge in [-0.25, -0.2) is 0 Å². The van der Waals surface area contributed by atoms with E-state index in [0.29, 0.717) is 6.04 Å². The van der Waals surface area contributed by atoms with Gasteiger partial charge in [0.15, 0.2) is 0 Å². The van der Waals surface area contributed by atoms with Gasteiger partial charge in [0.25, 0.3) is 0 Å². The van der Waals surface area contributed by atoms with Crippen molar-refractivity contribution in [1.29, 1.82) is 0 Å². The number of para-hydroxylation sites is 1. The number of hydrogen-bond donors (Lipinski definition) is 1. The Bertz CT molecular complexity index is 429. The van der Waals surface area contributed by atoms with Crippen LogP contribution in [-0.2, 0) is 0 Å². The van der Waals surface area contributed by atoms with Crippen LogP contribution < -0.4 is 10.6 Å². The van der Waals surface area contributed by atoms with Crippen molar-refractivity contribution in [2.24, 2.45) is 5.73 Å². The summed E-state index contributed by atoms with van der Waals surface area (Å²) in [5.41, 5.74) is 7.56. The highest BCUT2D eigenvalue weighted by atomic mass is 15.3. The second-order valence-corrected chi connectivity index (χ2v) is 6.28. The van der Waals surface area contributed by atoms with Crippen molar-refractivity contribution in [3.8, 4) is 0 Å². The van der Waals surface area contributed by atoms with Crippen molar-refractivity contribution in [1.82, 2.24) is 4.90 Å². The molecule has 1 saturated carbocycles. The number of nitrogens with zero attached hydrogens (tertiary/aromatic N) is 2. The quantitative estimate of drug-likeness (QED) is 0.898. The lowest BCUT2D eigenvalue weighted by atomic mass is 9.94. The Morgan fingerprint density at radius 3 is 2.58 bits per heavy atom. The second-order valence-electron chi connectivity index (χ2n) is 6.28. The summed E-state index contributed by atoms with van der Waals surface area (Å²) in [5, 5.41) is 0. The third-order valence-electron chi connectivity index (χ3n) is 4.97. The first-order chi connectivity index (χ1) is 9.16. The molecule has 2 N–H and O–H groups in total. The largest absolute Gasteiger partial charge is 0.366 e. The minimum atomic E-state index is 0.101. The molecule has 1 aliphatic carbocycles. The van der Waals surface area contributed by atoms with Gasteiger partial charge < -0.3 is 10.6 Å². The summed E-state index contributed by atoms with van der Waals surface area (Å²) in [6.45, 7) is 4.20. The number of benzene rings is 1. The monoisotopic (exact) mass is 259 g/mol. The molecule has 0 spiro atoms. The average molecular weight is 259 g/mol. The fourth-order valence-electron chi connectivity index (χ4n) is 3.58. The molecule has 1 saturated heterocycles. The summed E-state index contributed by atoms with van der Waals surface area (Å²) in [6, 6.07) is 12.1. The van der Waals surface area contributed by atoms with Crippen LogP contribution in [0.1, 0.15) is 26.2 Å². The zero-order valence-electron chi connectivity index (χ0n) is 12.0. The summed E-state index contributed by atoms with van der Waals surface area (Å²) in [7, 11) is 2.20. The lowest BCUT2D eigenvalue weighted by Gasteiger charge is -2.39. The van der Waals surface area contributed by atoms with Gasteiger partial charge in [-0.2, -0.15) is 0 Å². The first-order valence-corrected chi connectivity index (χ1v) is 7.41. The number of rotatable bonds is 4. The molecule has 0 aromatic heterocycles. The van der Waals surface area contributed by atoms with Crippen molar-refractivity contribution < 1.29 is 0 Å². The van der Waals surface area contributed by atoms with Gasteiger partial charge >= 0.3 is 0 Å². The predicted molar refractivity (Wildman–Crippen MR) is 80.4 cm³/mol. The van der Waals surface area contributed by atoms with Crippen LogP contribution in [0, 0.1) is 0 Å². The molecule has 1 heterocycles. The number of likely N-dealkylation sites (tertiary alicyclic amines) is 1. The van der Waals surface area contributed by atoms with E-state index >= 15 is 0 Å². The molecule has 3 rings (SSSR count). The maximum Gasteiger partial charge on any atom is 0.0662 e. The van der Waals surface area contributed by atoms with Gasteiger partial charge in [0, 0.05) is 37.9 Å². The van der Waals surface area contributed by atoms with E-state index in [4.69, 9.17) is 5.73 Å². The molecule has 0 amide bonds. The third-order valence-corrected chi connectivity index (χ3v) is 4.97. The summed E-state index contributed by atoms with van der Waals surface area (Å²) >= 11 is 0. The van der Waals surface area contributed by atoms with Crippen LogP contribution in [-0.4, -0.2) is 42.7 Å². The predicted octanol–water partition coefficient (Wildman–Crippen LogP) is 2.08. The molecule has 3 nitrogen and oxygen atoms in total. The molecule has 1 aliphatic heterocycles. The average Bonchev–Trinajstić information content (AvgIpc) is 3.23. The van der Waals surface area contributed by atoms with Gasteiger partial charge in [0.2, 0.25) is 0 Å². The maximum atomic E-state index is 6.18. The summed E-state index contributed by atoms with van der Waals surface area (Å²) in [6.07, 6.45) is 3.92. The smallest absolute Gasteiger partial charge is 0.0662 e. The first kappa shape index (κ1) is 12.9. The molecule has 1 aromatic rings. The van der Waals surface area contributed by atoms with E-state index in [2.05, 4.69) is 54.1 Å². The van der Waals surface area contributed by atoms with E-state index in [0.717, 1.165) is 19.1 Å². The van der Waals surface area contributed by atoms with Crippen LogP contribution in [0.4, 0.5) is 5.69 Å². The van der Waals surface area contributed by atoms with Gasteiger partial charge in [0.1, 0.15) is 0 Å². The van der Waals surface area contributed by atoms with Gasteiger partial charge in [0.05, 0.1) is 5.54 Å². The van der Waals surface area contributed by atoms with E-state index in [-0.39, 0.29) is 5.54 Å². The molecule has 2 aliphatic rings. The van der Waals surface area contributed by atoms with Gasteiger partial charge in [-0.05, 0) is 38.3 Å². The SMILES string of the molecule is CC1CC(CN)(N(C)c2ccccc2)CN1C1CC1. The number of likely N-dealkylation sites (N-methyl/N-ethyl adjacent to an activating group) is 1. The first-order valence-electron chi connectivity index (χ1n) is 7.41. The van der Waals surface area contributed by atoms with Crippen LogP contribution in [0.5, 0.6) is 0 Å². The molecule has 2 unspecified atom stereocenters. The Hall–Kier alpha value is -1.06. The Labute approximate surface area is 116 Å². The molecule has 104 valence electrons. The Morgan fingerprint density at radius 2 is 2.00 bits per heavy atom. The Kier molecular flexibility index (Phi) is 3.27. The van der Waals surface area contributed by atoms with Crippen molar-refractivity contribution >= 4 is 5.69 Å². The van der Waals surface area contributed by atoms with E-state index in [1.165, 1.54) is 24.9 Å². The molecular formula is C16H25N3. The van der Waals surface area contributed by atoms with Gasteiger partial charge in [-0.15, -0.1) is 0 Å². The molecule has 3 heteroatoms. The van der Waals surface area contributed by atoms with Crippen LogP contribution in [0.25, 0.3) is 0 Å². The van der Waals surface area contributed by atoms with Crippen LogP contribution in [0.2, 0.25) is 0 Å². The third kappa shape index (κ3) is 2.26. The zero-order valence-corrected chi connectivity index (χ0v) is 12.0. The minimum Gasteiger partial charge on any atom is -0.366 e. The lowest BCUT2D eigenvalue weighted by molar-refractivity contribution is 0.249. The van der Waals surface area contributed by atoms with Gasteiger partial charge in [-0.3, -0.25) is 4.90 Å². The highest BCUT2D eigenvalue weighted by molar-refractivity contribution is 5.49. The second kappa shape index (κ2) is 4.80.